The second kappa shape index (κ2) is 7.12. The molecule has 0 atom stereocenters. The van der Waals surface area contributed by atoms with Gasteiger partial charge in [0, 0.05) is 12.2 Å². The van der Waals surface area contributed by atoms with Crippen molar-refractivity contribution in [2.45, 2.75) is 44.9 Å². The van der Waals surface area contributed by atoms with E-state index in [1.54, 1.807) is 18.3 Å². The van der Waals surface area contributed by atoms with E-state index in [9.17, 15) is 4.79 Å². The average Bonchev–Trinajstić information content (AvgIpc) is 2.43. The largest absolute Gasteiger partial charge is 0.397 e. The number of carbonyl (C=O) groups is 1. The first-order valence-electron chi connectivity index (χ1n) is 7.21. The van der Waals surface area contributed by atoms with Crippen molar-refractivity contribution < 1.29 is 4.79 Å². The molecule has 1 aromatic rings. The molecule has 2 rings (SSSR count). The van der Waals surface area contributed by atoms with E-state index in [2.05, 4.69) is 10.3 Å². The topological polar surface area (TPSA) is 68.0 Å². The van der Waals surface area contributed by atoms with Crippen LogP contribution in [0.2, 0.25) is 0 Å². The molecule has 0 radical (unpaired) electrons. The first-order valence-corrected chi connectivity index (χ1v) is 7.21. The molecule has 4 nitrogen and oxygen atoms in total. The molecule has 0 bridgehead atoms. The van der Waals surface area contributed by atoms with Gasteiger partial charge < -0.3 is 11.1 Å². The number of anilines is 1. The van der Waals surface area contributed by atoms with E-state index in [1.165, 1.54) is 32.1 Å². The van der Waals surface area contributed by atoms with Crippen molar-refractivity contribution in [3.8, 4) is 0 Å². The number of nitrogens with two attached hydrogens (primary N) is 1. The Morgan fingerprint density at radius 1 is 1.32 bits per heavy atom. The molecule has 1 fully saturated rings. The van der Waals surface area contributed by atoms with E-state index in [0.717, 1.165) is 24.6 Å². The van der Waals surface area contributed by atoms with Crippen LogP contribution in [0.3, 0.4) is 0 Å². The highest BCUT2D eigenvalue weighted by atomic mass is 16.1. The van der Waals surface area contributed by atoms with Crippen LogP contribution in [-0.2, 0) is 11.2 Å². The van der Waals surface area contributed by atoms with E-state index in [4.69, 9.17) is 5.73 Å². The van der Waals surface area contributed by atoms with Gasteiger partial charge in [-0.15, -0.1) is 0 Å². The minimum Gasteiger partial charge on any atom is -0.397 e. The Balaban J connectivity index is 1.65. The van der Waals surface area contributed by atoms with Crippen molar-refractivity contribution in [1.82, 2.24) is 10.3 Å². The van der Waals surface area contributed by atoms with Crippen LogP contribution >= 0.6 is 0 Å². The maximum Gasteiger partial charge on any atom is 0.226 e. The zero-order chi connectivity index (χ0) is 13.5. The van der Waals surface area contributed by atoms with Gasteiger partial charge in [-0.25, -0.2) is 0 Å². The van der Waals surface area contributed by atoms with Crippen LogP contribution in [0.1, 0.15) is 44.2 Å². The van der Waals surface area contributed by atoms with Crippen molar-refractivity contribution in [2.75, 3.05) is 12.3 Å². The number of hydrogen-bond acceptors (Lipinski definition) is 3. The summed E-state index contributed by atoms with van der Waals surface area (Å²) < 4.78 is 0. The van der Waals surface area contributed by atoms with Crippen LogP contribution in [0.15, 0.2) is 18.3 Å². The molecule has 0 spiro atoms. The van der Waals surface area contributed by atoms with Gasteiger partial charge in [-0.1, -0.05) is 32.1 Å². The lowest BCUT2D eigenvalue weighted by Crippen LogP contribution is -2.28. The van der Waals surface area contributed by atoms with Crippen molar-refractivity contribution in [3.05, 3.63) is 24.0 Å². The third kappa shape index (κ3) is 4.89. The quantitative estimate of drug-likeness (QED) is 0.854. The molecule has 1 heterocycles. The normalized spacial score (nSPS) is 16.2. The second-order valence-electron chi connectivity index (χ2n) is 5.40. The highest BCUT2D eigenvalue weighted by Crippen LogP contribution is 2.25. The summed E-state index contributed by atoms with van der Waals surface area (Å²) in [5.41, 5.74) is 6.95. The molecule has 0 saturated heterocycles. The summed E-state index contributed by atoms with van der Waals surface area (Å²) in [5, 5.41) is 2.98. The van der Waals surface area contributed by atoms with Crippen LogP contribution < -0.4 is 11.1 Å². The van der Waals surface area contributed by atoms with E-state index in [1.807, 2.05) is 0 Å². The molecule has 1 aliphatic carbocycles. The van der Waals surface area contributed by atoms with Gasteiger partial charge in [0.25, 0.3) is 0 Å². The molecule has 104 valence electrons. The Hall–Kier alpha value is -1.58. The van der Waals surface area contributed by atoms with Crippen LogP contribution in [0.4, 0.5) is 5.69 Å². The Kier molecular flexibility index (Phi) is 5.19. The predicted octanol–water partition coefficient (Wildman–Crippen LogP) is 2.29. The predicted molar refractivity (Wildman–Crippen MR) is 76.6 cm³/mol. The number of nitrogens with one attached hydrogen (secondary N) is 1. The molecule has 0 aliphatic heterocycles. The first-order chi connectivity index (χ1) is 9.24. The maximum atomic E-state index is 11.8. The minimum atomic E-state index is 0.0491. The number of amides is 1. The van der Waals surface area contributed by atoms with Gasteiger partial charge in [0.2, 0.25) is 5.91 Å². The van der Waals surface area contributed by atoms with Gasteiger partial charge in [-0.3, -0.25) is 9.78 Å². The zero-order valence-electron chi connectivity index (χ0n) is 11.4. The van der Waals surface area contributed by atoms with E-state index in [0.29, 0.717) is 12.1 Å². The number of rotatable bonds is 5. The SMILES string of the molecule is Nc1ccc(CC(=O)NCCC2CCCCC2)nc1. The molecule has 1 amide bonds. The monoisotopic (exact) mass is 261 g/mol. The van der Waals surface area contributed by atoms with Crippen LogP contribution in [0.5, 0.6) is 0 Å². The summed E-state index contributed by atoms with van der Waals surface area (Å²) in [6, 6.07) is 3.58. The average molecular weight is 261 g/mol. The third-order valence-electron chi connectivity index (χ3n) is 3.79. The highest BCUT2D eigenvalue weighted by molar-refractivity contribution is 5.78. The van der Waals surface area contributed by atoms with Crippen LogP contribution in [0, 0.1) is 5.92 Å². The summed E-state index contributed by atoms with van der Waals surface area (Å²) in [5.74, 6) is 0.858. The minimum absolute atomic E-state index is 0.0491. The van der Waals surface area contributed by atoms with Gasteiger partial charge in [0.05, 0.1) is 18.3 Å². The molecule has 4 heteroatoms. The van der Waals surface area contributed by atoms with Crippen molar-refractivity contribution in [3.63, 3.8) is 0 Å². The molecule has 0 aromatic carbocycles. The van der Waals surface area contributed by atoms with Gasteiger partial charge in [-0.05, 0) is 24.5 Å². The summed E-state index contributed by atoms with van der Waals surface area (Å²) >= 11 is 0. The van der Waals surface area contributed by atoms with Gasteiger partial charge >= 0.3 is 0 Å². The van der Waals surface area contributed by atoms with Crippen molar-refractivity contribution >= 4 is 11.6 Å². The third-order valence-corrected chi connectivity index (χ3v) is 3.79. The van der Waals surface area contributed by atoms with Crippen LogP contribution in [0.25, 0.3) is 0 Å². The van der Waals surface area contributed by atoms with Crippen molar-refractivity contribution in [2.24, 2.45) is 5.92 Å². The fourth-order valence-corrected chi connectivity index (χ4v) is 2.66. The fourth-order valence-electron chi connectivity index (χ4n) is 2.66. The number of pyridine rings is 1. The number of nitrogens with zero attached hydrogens (tertiary/aromatic N) is 1. The number of nitrogen functional groups attached to an aromatic ring is 1. The lowest BCUT2D eigenvalue weighted by molar-refractivity contribution is -0.120. The Bertz CT molecular complexity index is 396. The molecule has 19 heavy (non-hydrogen) atoms. The lowest BCUT2D eigenvalue weighted by atomic mass is 9.87. The molecule has 1 aromatic heterocycles. The summed E-state index contributed by atoms with van der Waals surface area (Å²) in [4.78, 5) is 15.9. The molecule has 1 saturated carbocycles. The Morgan fingerprint density at radius 2 is 2.11 bits per heavy atom. The highest BCUT2D eigenvalue weighted by Gasteiger charge is 2.13. The molecule has 3 N–H and O–H groups in total. The molecule has 0 unspecified atom stereocenters. The lowest BCUT2D eigenvalue weighted by Gasteiger charge is -2.21. The molecule has 1 aliphatic rings. The maximum absolute atomic E-state index is 11.8. The van der Waals surface area contributed by atoms with Gasteiger partial charge in [-0.2, -0.15) is 0 Å². The Labute approximate surface area is 114 Å². The van der Waals surface area contributed by atoms with Crippen LogP contribution in [-0.4, -0.2) is 17.4 Å². The second-order valence-corrected chi connectivity index (χ2v) is 5.40. The smallest absolute Gasteiger partial charge is 0.226 e. The fraction of sp³-hybridized carbons (Fsp3) is 0.600. The van der Waals surface area contributed by atoms with Gasteiger partial charge in [0.15, 0.2) is 0 Å². The zero-order valence-corrected chi connectivity index (χ0v) is 11.4. The standard InChI is InChI=1S/C15H23N3O/c16-13-6-7-14(18-11-13)10-15(19)17-9-8-12-4-2-1-3-5-12/h6-7,11-12H,1-5,8-10,16H2,(H,17,19). The number of carbonyl (C=O) groups excluding carboxylic acids is 1. The van der Waals surface area contributed by atoms with E-state index >= 15 is 0 Å². The summed E-state index contributed by atoms with van der Waals surface area (Å²) in [7, 11) is 0. The van der Waals surface area contributed by atoms with Gasteiger partial charge in [0.1, 0.15) is 0 Å². The Morgan fingerprint density at radius 3 is 2.79 bits per heavy atom. The summed E-state index contributed by atoms with van der Waals surface area (Å²) in [6.07, 6.45) is 9.79. The van der Waals surface area contributed by atoms with E-state index in [-0.39, 0.29) is 5.91 Å². The van der Waals surface area contributed by atoms with Crippen molar-refractivity contribution in [1.29, 1.82) is 0 Å². The first kappa shape index (κ1) is 13.8. The number of hydrogen-bond donors (Lipinski definition) is 2. The summed E-state index contributed by atoms with van der Waals surface area (Å²) in [6.45, 7) is 0.790. The molecular formula is C15H23N3O. The number of aromatic nitrogens is 1. The van der Waals surface area contributed by atoms with E-state index < -0.39 is 0 Å². The molecular weight excluding hydrogens is 238 g/mol.